The van der Waals surface area contributed by atoms with E-state index in [4.69, 9.17) is 9.15 Å². The van der Waals surface area contributed by atoms with Crippen LogP contribution in [0.1, 0.15) is 38.0 Å². The molecule has 0 aliphatic carbocycles. The Morgan fingerprint density at radius 3 is 2.64 bits per heavy atom. The first-order valence-corrected chi connectivity index (χ1v) is 8.71. The molecule has 6 heteroatoms. The lowest BCUT2D eigenvalue weighted by atomic mass is 10.0. The molecule has 120 valence electrons. The molecule has 0 aliphatic heterocycles. The molecule has 1 heterocycles. The Kier molecular flexibility index (Phi) is 5.26. The van der Waals surface area contributed by atoms with Crippen LogP contribution in [0.15, 0.2) is 45.9 Å². The Morgan fingerprint density at radius 2 is 2.05 bits per heavy atom. The summed E-state index contributed by atoms with van der Waals surface area (Å²) in [5.74, 6) is 1.46. The maximum Gasteiger partial charge on any atom is 0.240 e. The molecule has 0 fully saturated rings. The van der Waals surface area contributed by atoms with Crippen LogP contribution in [0.25, 0.3) is 0 Å². The van der Waals surface area contributed by atoms with Gasteiger partial charge in [-0.2, -0.15) is 0 Å². The van der Waals surface area contributed by atoms with Gasteiger partial charge in [-0.05, 0) is 48.7 Å². The maximum atomic E-state index is 12.4. The van der Waals surface area contributed by atoms with Crippen molar-refractivity contribution in [2.75, 3.05) is 6.61 Å². The number of hydrogen-bond donors (Lipinski definition) is 1. The highest BCUT2D eigenvalue weighted by Gasteiger charge is 2.18. The second kappa shape index (κ2) is 6.98. The molecule has 0 aliphatic rings. The number of benzene rings is 1. The van der Waals surface area contributed by atoms with Crippen molar-refractivity contribution < 1.29 is 17.6 Å². The number of nitrogens with one attached hydrogen (secondary N) is 1. The highest BCUT2D eigenvalue weighted by atomic mass is 32.2. The van der Waals surface area contributed by atoms with E-state index in [2.05, 4.69) is 4.72 Å². The Hall–Kier alpha value is -1.79. The molecular formula is C16H21NO4S. The minimum Gasteiger partial charge on any atom is -0.494 e. The summed E-state index contributed by atoms with van der Waals surface area (Å²) in [6.07, 6.45) is 1.51. The summed E-state index contributed by atoms with van der Waals surface area (Å²) in [7, 11) is -3.59. The Labute approximate surface area is 131 Å². The van der Waals surface area contributed by atoms with Crippen molar-refractivity contribution in [3.05, 3.63) is 47.9 Å². The van der Waals surface area contributed by atoms with E-state index in [0.29, 0.717) is 12.4 Å². The summed E-state index contributed by atoms with van der Waals surface area (Å²) in [5.41, 5.74) is 0.878. The average molecular weight is 323 g/mol. The minimum atomic E-state index is -3.59. The molecule has 2 aromatic rings. The smallest absolute Gasteiger partial charge is 0.240 e. The standard InChI is InChI=1S/C16H21NO4S/c1-4-20-16-8-7-14(10-15(16)12(2)3)22(18,19)17-11-13-6-5-9-21-13/h5-10,12,17H,4,11H2,1-3H3. The van der Waals surface area contributed by atoms with Gasteiger partial charge in [0.2, 0.25) is 10.0 Å². The predicted octanol–water partition coefficient (Wildman–Crippen LogP) is 3.28. The lowest BCUT2D eigenvalue weighted by molar-refractivity contribution is 0.335. The van der Waals surface area contributed by atoms with Crippen LogP contribution in [-0.4, -0.2) is 15.0 Å². The van der Waals surface area contributed by atoms with Gasteiger partial charge in [-0.15, -0.1) is 0 Å². The molecule has 0 amide bonds. The van der Waals surface area contributed by atoms with Gasteiger partial charge in [0.05, 0.1) is 24.3 Å². The normalized spacial score (nSPS) is 11.8. The zero-order valence-corrected chi connectivity index (χ0v) is 13.8. The van der Waals surface area contributed by atoms with Crippen LogP contribution in [0.2, 0.25) is 0 Å². The van der Waals surface area contributed by atoms with Gasteiger partial charge in [-0.3, -0.25) is 0 Å². The SMILES string of the molecule is CCOc1ccc(S(=O)(=O)NCc2ccco2)cc1C(C)C. The fraction of sp³-hybridized carbons (Fsp3) is 0.375. The molecule has 1 aromatic heterocycles. The number of sulfonamides is 1. The molecule has 0 radical (unpaired) electrons. The molecule has 22 heavy (non-hydrogen) atoms. The van der Waals surface area contributed by atoms with E-state index in [1.165, 1.54) is 6.26 Å². The van der Waals surface area contributed by atoms with E-state index in [9.17, 15) is 8.42 Å². The zero-order valence-electron chi connectivity index (χ0n) is 13.0. The Balaban J connectivity index is 2.24. The third-order valence-corrected chi connectivity index (χ3v) is 4.63. The molecule has 1 aromatic carbocycles. The van der Waals surface area contributed by atoms with E-state index in [-0.39, 0.29) is 17.4 Å². The number of furan rings is 1. The van der Waals surface area contributed by atoms with E-state index in [1.807, 2.05) is 20.8 Å². The summed E-state index contributed by atoms with van der Waals surface area (Å²) in [5, 5.41) is 0. The number of hydrogen-bond acceptors (Lipinski definition) is 4. The molecule has 0 saturated heterocycles. The molecule has 0 spiro atoms. The van der Waals surface area contributed by atoms with Crippen molar-refractivity contribution in [3.8, 4) is 5.75 Å². The first-order valence-electron chi connectivity index (χ1n) is 7.23. The number of ether oxygens (including phenoxy) is 1. The summed E-state index contributed by atoms with van der Waals surface area (Å²) in [4.78, 5) is 0.228. The van der Waals surface area contributed by atoms with Crippen molar-refractivity contribution in [1.29, 1.82) is 0 Å². The molecule has 0 unspecified atom stereocenters. The maximum absolute atomic E-state index is 12.4. The molecular weight excluding hydrogens is 302 g/mol. The summed E-state index contributed by atoms with van der Waals surface area (Å²) >= 11 is 0. The molecule has 0 saturated carbocycles. The van der Waals surface area contributed by atoms with Crippen molar-refractivity contribution in [3.63, 3.8) is 0 Å². The summed E-state index contributed by atoms with van der Waals surface area (Å²) in [6.45, 7) is 6.58. The Morgan fingerprint density at radius 1 is 1.27 bits per heavy atom. The van der Waals surface area contributed by atoms with E-state index >= 15 is 0 Å². The van der Waals surface area contributed by atoms with Gasteiger partial charge in [0.1, 0.15) is 11.5 Å². The first kappa shape index (κ1) is 16.6. The van der Waals surface area contributed by atoms with Gasteiger partial charge in [-0.25, -0.2) is 13.1 Å². The van der Waals surface area contributed by atoms with Crippen LogP contribution in [-0.2, 0) is 16.6 Å². The summed E-state index contributed by atoms with van der Waals surface area (Å²) < 4.78 is 38.0. The molecule has 5 nitrogen and oxygen atoms in total. The monoisotopic (exact) mass is 323 g/mol. The van der Waals surface area contributed by atoms with Crippen LogP contribution in [0.5, 0.6) is 5.75 Å². The minimum absolute atomic E-state index is 0.125. The quantitative estimate of drug-likeness (QED) is 0.849. The van der Waals surface area contributed by atoms with Crippen molar-refractivity contribution in [2.45, 2.75) is 38.1 Å². The lowest BCUT2D eigenvalue weighted by Gasteiger charge is -2.15. The van der Waals surface area contributed by atoms with Gasteiger partial charge in [0, 0.05) is 0 Å². The fourth-order valence-electron chi connectivity index (χ4n) is 2.09. The van der Waals surface area contributed by atoms with Gasteiger partial charge in [0.15, 0.2) is 0 Å². The predicted molar refractivity (Wildman–Crippen MR) is 84.4 cm³/mol. The second-order valence-corrected chi connectivity index (χ2v) is 6.96. The van der Waals surface area contributed by atoms with Gasteiger partial charge >= 0.3 is 0 Å². The molecule has 0 bridgehead atoms. The molecule has 0 atom stereocenters. The van der Waals surface area contributed by atoms with Crippen molar-refractivity contribution in [1.82, 2.24) is 4.72 Å². The summed E-state index contributed by atoms with van der Waals surface area (Å²) in [6, 6.07) is 8.37. The highest BCUT2D eigenvalue weighted by Crippen LogP contribution is 2.29. The van der Waals surface area contributed by atoms with Gasteiger partial charge in [0.25, 0.3) is 0 Å². The number of rotatable bonds is 7. The average Bonchev–Trinajstić information content (AvgIpc) is 2.99. The third kappa shape index (κ3) is 3.90. The Bertz CT molecular complexity index is 706. The van der Waals surface area contributed by atoms with Crippen molar-refractivity contribution in [2.24, 2.45) is 0 Å². The lowest BCUT2D eigenvalue weighted by Crippen LogP contribution is -2.23. The fourth-order valence-corrected chi connectivity index (χ4v) is 3.12. The molecule has 1 N–H and O–H groups in total. The van der Waals surface area contributed by atoms with Crippen LogP contribution in [0.4, 0.5) is 0 Å². The van der Waals surface area contributed by atoms with Crippen LogP contribution in [0, 0.1) is 0 Å². The van der Waals surface area contributed by atoms with Crippen LogP contribution >= 0.6 is 0 Å². The largest absolute Gasteiger partial charge is 0.494 e. The van der Waals surface area contributed by atoms with Crippen LogP contribution < -0.4 is 9.46 Å². The van der Waals surface area contributed by atoms with Gasteiger partial charge in [-0.1, -0.05) is 13.8 Å². The molecule has 2 rings (SSSR count). The third-order valence-electron chi connectivity index (χ3n) is 3.23. The van der Waals surface area contributed by atoms with Gasteiger partial charge < -0.3 is 9.15 Å². The highest BCUT2D eigenvalue weighted by molar-refractivity contribution is 7.89. The first-order chi connectivity index (χ1) is 10.4. The van der Waals surface area contributed by atoms with Crippen molar-refractivity contribution >= 4 is 10.0 Å². The van der Waals surface area contributed by atoms with E-state index < -0.39 is 10.0 Å². The second-order valence-electron chi connectivity index (χ2n) is 5.19. The topological polar surface area (TPSA) is 68.5 Å². The van der Waals surface area contributed by atoms with Crippen LogP contribution in [0.3, 0.4) is 0 Å². The van der Waals surface area contributed by atoms with E-state index in [0.717, 1.165) is 11.3 Å². The zero-order chi connectivity index (χ0) is 16.2. The van der Waals surface area contributed by atoms with E-state index in [1.54, 1.807) is 30.3 Å².